The van der Waals surface area contributed by atoms with Crippen LogP contribution in [0.1, 0.15) is 12.8 Å². The minimum atomic E-state index is -4.70. The number of carbonyl (C=O) groups is 1. The molecule has 0 spiro atoms. The minimum Gasteiger partial charge on any atom is -0.731 e. The summed E-state index contributed by atoms with van der Waals surface area (Å²) in [7, 11) is -4.70. The van der Waals surface area contributed by atoms with E-state index < -0.39 is 22.3 Å². The van der Waals surface area contributed by atoms with Crippen LogP contribution in [0.3, 0.4) is 0 Å². The van der Waals surface area contributed by atoms with Crippen LogP contribution in [-0.4, -0.2) is 40.8 Å². The normalized spacial score (nSPS) is 18.7. The van der Waals surface area contributed by atoms with Gasteiger partial charge in [0.1, 0.15) is 6.04 Å². The van der Waals surface area contributed by atoms with Crippen LogP contribution in [0.25, 0.3) is 0 Å². The number of amides is 1. The van der Waals surface area contributed by atoms with Gasteiger partial charge in [-0.2, -0.15) is 5.26 Å². The fraction of sp³-hybridized carbons (Fsp3) is 0.571. The van der Waals surface area contributed by atoms with E-state index >= 15 is 0 Å². The summed E-state index contributed by atoms with van der Waals surface area (Å²) < 4.78 is 31.7. The van der Waals surface area contributed by atoms with Crippen molar-refractivity contribution in [2.45, 2.75) is 18.9 Å². The molecule has 0 radical (unpaired) electrons. The van der Waals surface area contributed by atoms with Gasteiger partial charge >= 0.3 is 29.6 Å². The van der Waals surface area contributed by atoms with Crippen LogP contribution in [0.15, 0.2) is 0 Å². The molecular weight excluding hydrogens is 277 g/mol. The first kappa shape index (κ1) is 16.8. The second kappa shape index (κ2) is 6.63. The Kier molecular flexibility index (Phi) is 6.53. The third kappa shape index (κ3) is 4.50. The summed E-state index contributed by atoms with van der Waals surface area (Å²) in [4.78, 5) is 11.5. The number of carbonyl (C=O) groups excluding carboxylic acids is 1. The Morgan fingerprint density at radius 3 is 2.71 bits per heavy atom. The van der Waals surface area contributed by atoms with Gasteiger partial charge in [0.05, 0.1) is 17.6 Å². The van der Waals surface area contributed by atoms with E-state index in [1.165, 1.54) is 0 Å². The number of nitrogens with zero attached hydrogens (tertiary/aromatic N) is 2. The molecule has 1 atom stereocenters. The van der Waals surface area contributed by atoms with Gasteiger partial charge in [-0.1, -0.05) is 12.2 Å². The summed E-state index contributed by atoms with van der Waals surface area (Å²) in [5, 5.41) is 10.9. The third-order valence-electron chi connectivity index (χ3n) is 1.96. The monoisotopic (exact) mass is 285 g/mol. The van der Waals surface area contributed by atoms with Crippen LogP contribution in [-0.2, 0) is 15.1 Å². The Labute approximate surface area is 126 Å². The maximum Gasteiger partial charge on any atom is 1.00 e. The second-order valence-electron chi connectivity index (χ2n) is 3.11. The van der Waals surface area contributed by atoms with Crippen LogP contribution in [0.4, 0.5) is 0 Å². The van der Waals surface area contributed by atoms with Crippen molar-refractivity contribution in [3.63, 3.8) is 0 Å². The molecule has 0 bridgehead atoms. The van der Waals surface area contributed by atoms with Crippen molar-refractivity contribution < 1.29 is 47.3 Å². The number of rotatable bonds is 4. The van der Waals surface area contributed by atoms with Crippen molar-refractivity contribution in [1.82, 2.24) is 9.62 Å². The van der Waals surface area contributed by atoms with E-state index in [1.54, 1.807) is 0 Å². The fourth-order valence-corrected chi connectivity index (χ4v) is 2.06. The summed E-state index contributed by atoms with van der Waals surface area (Å²) in [6, 6.07) is 1.11. The zero-order valence-corrected chi connectivity index (χ0v) is 12.7. The van der Waals surface area contributed by atoms with Crippen molar-refractivity contribution in [1.29, 1.82) is 5.26 Å². The van der Waals surface area contributed by atoms with E-state index in [1.807, 2.05) is 6.07 Å². The number of hydrogen-bond donors (Lipinski definition) is 1. The molecule has 1 saturated heterocycles. The quantitative estimate of drug-likeness (QED) is 0.241. The van der Waals surface area contributed by atoms with E-state index in [2.05, 4.69) is 5.32 Å². The van der Waals surface area contributed by atoms with Crippen molar-refractivity contribution in [2.75, 3.05) is 6.54 Å². The van der Waals surface area contributed by atoms with Crippen LogP contribution in [0, 0.1) is 11.3 Å². The van der Waals surface area contributed by atoms with Gasteiger partial charge in [0.25, 0.3) is 5.91 Å². The van der Waals surface area contributed by atoms with Gasteiger partial charge < -0.3 is 9.87 Å². The molecule has 1 aliphatic rings. The van der Waals surface area contributed by atoms with Gasteiger partial charge in [0, 0.05) is 12.8 Å². The van der Waals surface area contributed by atoms with Gasteiger partial charge in [-0.3, -0.25) is 4.79 Å². The zero-order chi connectivity index (χ0) is 12.3. The topological polar surface area (TPSA) is 113 Å². The molecule has 0 aliphatic carbocycles. The maximum atomic E-state index is 11.2. The molecule has 1 heterocycles. The smallest absolute Gasteiger partial charge is 0.731 e. The first-order chi connectivity index (χ1) is 7.36. The number of nitriles is 1. The van der Waals surface area contributed by atoms with E-state index in [0.29, 0.717) is 11.4 Å². The Morgan fingerprint density at radius 2 is 2.29 bits per heavy atom. The molecule has 0 aromatic heterocycles. The molecule has 0 saturated carbocycles. The molecule has 1 fully saturated rings. The summed E-state index contributed by atoms with van der Waals surface area (Å²) in [5.41, 5.74) is 0. The molecule has 7 nitrogen and oxygen atoms in total. The second-order valence-corrected chi connectivity index (χ2v) is 4.89. The van der Waals surface area contributed by atoms with Crippen molar-refractivity contribution in [2.24, 2.45) is 0 Å². The van der Waals surface area contributed by atoms with Gasteiger partial charge in [-0.05, 0) is 0 Å². The standard InChI is InChI=1S/C7H9N3O4S2.Na/c8-3-1-2-6(15)9-5-4-10(7(5)11)16(12,13)14;/h5H,1-2,4H2,(H,9,15)(H,12,13,14);/q;+1/p-1. The number of thiocarbonyl (C=S) groups is 1. The van der Waals surface area contributed by atoms with E-state index in [4.69, 9.17) is 17.5 Å². The number of β-lactam (4-membered cyclic amide) rings is 1. The van der Waals surface area contributed by atoms with Crippen LogP contribution >= 0.6 is 12.2 Å². The molecule has 10 heteroatoms. The van der Waals surface area contributed by atoms with Crippen molar-refractivity contribution in [3.05, 3.63) is 0 Å². The molecule has 1 amide bonds. The van der Waals surface area contributed by atoms with Gasteiger partial charge in [0.15, 0.2) is 10.3 Å². The molecular formula is C7H8N3NaO4S2. The number of nitrogens with one attached hydrogen (secondary N) is 1. The molecule has 1 aliphatic heterocycles. The Balaban J connectivity index is 0.00000256. The Hall–Kier alpha value is -0.240. The maximum absolute atomic E-state index is 11.2. The predicted molar refractivity (Wildman–Crippen MR) is 55.8 cm³/mol. The number of hydrogen-bond acceptors (Lipinski definition) is 6. The van der Waals surface area contributed by atoms with E-state index in [0.717, 1.165) is 0 Å². The summed E-state index contributed by atoms with van der Waals surface area (Å²) in [6.45, 7) is -0.211. The van der Waals surface area contributed by atoms with E-state index in [9.17, 15) is 17.8 Å². The van der Waals surface area contributed by atoms with E-state index in [-0.39, 0.29) is 46.8 Å². The molecule has 1 rings (SSSR count). The summed E-state index contributed by atoms with van der Waals surface area (Å²) in [6.07, 6.45) is 0.524. The summed E-state index contributed by atoms with van der Waals surface area (Å²) in [5.74, 6) is -0.811. The van der Waals surface area contributed by atoms with Gasteiger partial charge in [-0.25, -0.2) is 12.7 Å². The third-order valence-corrected chi connectivity index (χ3v) is 3.15. The van der Waals surface area contributed by atoms with Crippen molar-refractivity contribution in [3.8, 4) is 6.07 Å². The molecule has 0 aromatic rings. The van der Waals surface area contributed by atoms with Crippen LogP contribution < -0.4 is 34.9 Å². The van der Waals surface area contributed by atoms with Crippen LogP contribution in [0.2, 0.25) is 0 Å². The Morgan fingerprint density at radius 1 is 1.71 bits per heavy atom. The predicted octanol–water partition coefficient (Wildman–Crippen LogP) is -4.12. The first-order valence-corrected chi connectivity index (χ1v) is 6.07. The SMILES string of the molecule is N#CCCC(=S)NC1CN(S(=O)(=O)[O-])C1=O.[Na+]. The molecule has 1 N–H and O–H groups in total. The minimum absolute atomic E-state index is 0. The van der Waals surface area contributed by atoms with Crippen molar-refractivity contribution >= 4 is 33.4 Å². The Bertz CT molecular complexity index is 458. The average Bonchev–Trinajstić information content (AvgIpc) is 2.18. The van der Waals surface area contributed by atoms with Gasteiger partial charge in [-0.15, -0.1) is 0 Å². The molecule has 88 valence electrons. The molecule has 17 heavy (non-hydrogen) atoms. The molecule has 0 aromatic carbocycles. The van der Waals surface area contributed by atoms with Gasteiger partial charge in [0.2, 0.25) is 0 Å². The van der Waals surface area contributed by atoms with Crippen LogP contribution in [0.5, 0.6) is 0 Å². The largest absolute Gasteiger partial charge is 1.00 e. The first-order valence-electron chi connectivity index (χ1n) is 4.30. The molecule has 1 unspecified atom stereocenters. The zero-order valence-electron chi connectivity index (χ0n) is 9.04. The fourth-order valence-electron chi connectivity index (χ4n) is 1.14. The summed E-state index contributed by atoms with van der Waals surface area (Å²) >= 11 is 4.82. The average molecular weight is 285 g/mol.